The average Bonchev–Trinajstić information content (AvgIpc) is 2.43. The molecular weight excluding hydrogens is 174 g/mol. The first kappa shape index (κ1) is 10.8. The number of likely N-dealkylation sites (N-methyl/N-ethyl adjacent to an activating group) is 1. The Morgan fingerprint density at radius 2 is 2.14 bits per heavy atom. The minimum atomic E-state index is 0.124. The van der Waals surface area contributed by atoms with Crippen LogP contribution in [0.5, 0.6) is 0 Å². The molecule has 0 aromatic rings. The summed E-state index contributed by atoms with van der Waals surface area (Å²) in [7, 11) is 1.83. The highest BCUT2D eigenvalue weighted by Gasteiger charge is 2.23. The predicted octanol–water partition coefficient (Wildman–Crippen LogP) is 2.30. The van der Waals surface area contributed by atoms with Crippen LogP contribution in [0.25, 0.3) is 0 Å². The lowest BCUT2D eigenvalue weighted by molar-refractivity contribution is -0.124. The molecule has 2 heteroatoms. The van der Waals surface area contributed by atoms with Crippen LogP contribution in [-0.2, 0) is 4.79 Å². The molecule has 2 nitrogen and oxygen atoms in total. The number of amides is 1. The van der Waals surface area contributed by atoms with Gasteiger partial charge < -0.3 is 4.90 Å². The highest BCUT2D eigenvalue weighted by molar-refractivity contribution is 6.00. The molecule has 0 unspecified atom stereocenters. The largest absolute Gasteiger partial charge is 0.337 e. The Morgan fingerprint density at radius 1 is 1.43 bits per heavy atom. The second-order valence-corrected chi connectivity index (χ2v) is 3.41. The van der Waals surface area contributed by atoms with Gasteiger partial charge in [0.15, 0.2) is 0 Å². The van der Waals surface area contributed by atoms with Gasteiger partial charge in [0.2, 0.25) is 0 Å². The normalized spacial score (nSPS) is 18.2. The molecule has 14 heavy (non-hydrogen) atoms. The first-order valence-corrected chi connectivity index (χ1v) is 4.98. The van der Waals surface area contributed by atoms with Gasteiger partial charge in [-0.2, -0.15) is 0 Å². The van der Waals surface area contributed by atoms with Crippen LogP contribution in [0.4, 0.5) is 0 Å². The van der Waals surface area contributed by atoms with Crippen molar-refractivity contribution in [1.82, 2.24) is 4.90 Å². The van der Waals surface area contributed by atoms with Gasteiger partial charge in [0.1, 0.15) is 0 Å². The zero-order chi connectivity index (χ0) is 10.6. The summed E-state index contributed by atoms with van der Waals surface area (Å²) in [6.45, 7) is 4.75. The van der Waals surface area contributed by atoms with Gasteiger partial charge in [-0.1, -0.05) is 31.2 Å². The van der Waals surface area contributed by atoms with E-state index in [0.717, 1.165) is 24.1 Å². The van der Waals surface area contributed by atoms with E-state index < -0.39 is 0 Å². The predicted molar refractivity (Wildman–Crippen MR) is 58.9 cm³/mol. The molecule has 76 valence electrons. The van der Waals surface area contributed by atoms with Gasteiger partial charge in [-0.05, 0) is 18.9 Å². The van der Waals surface area contributed by atoms with Gasteiger partial charge in [-0.3, -0.25) is 4.79 Å². The van der Waals surface area contributed by atoms with Crippen molar-refractivity contribution in [2.24, 2.45) is 0 Å². The smallest absolute Gasteiger partial charge is 0.254 e. The van der Waals surface area contributed by atoms with Gasteiger partial charge >= 0.3 is 0 Å². The number of carbonyl (C=O) groups excluding carboxylic acids is 1. The summed E-state index contributed by atoms with van der Waals surface area (Å²) in [5.74, 6) is 0.124. The first-order chi connectivity index (χ1) is 6.70. The molecule has 1 rings (SSSR count). The lowest BCUT2D eigenvalue weighted by atomic mass is 10.1. The van der Waals surface area contributed by atoms with E-state index in [2.05, 4.69) is 19.1 Å². The highest BCUT2D eigenvalue weighted by Crippen LogP contribution is 2.19. The maximum atomic E-state index is 11.7. The van der Waals surface area contributed by atoms with Crippen LogP contribution in [-0.4, -0.2) is 24.4 Å². The van der Waals surface area contributed by atoms with E-state index in [1.807, 2.05) is 26.1 Å². The van der Waals surface area contributed by atoms with Crippen molar-refractivity contribution >= 4 is 5.91 Å². The first-order valence-electron chi connectivity index (χ1n) is 4.98. The Balaban J connectivity index is 2.96. The summed E-state index contributed by atoms with van der Waals surface area (Å²) in [4.78, 5) is 13.4. The standard InChI is InChI=1S/C12H17NO/c1-4-6-8-10-9-13(3)12(14)11(10)7-5-2/h5-8H,4,9H2,1-3H3/b7-5-,8-6?. The number of rotatable bonds is 3. The van der Waals surface area contributed by atoms with Crippen LogP contribution in [0, 0.1) is 0 Å². The fourth-order valence-electron chi connectivity index (χ4n) is 1.50. The topological polar surface area (TPSA) is 20.3 Å². The quantitative estimate of drug-likeness (QED) is 0.670. The minimum Gasteiger partial charge on any atom is -0.337 e. The molecular formula is C12H17NO. The van der Waals surface area contributed by atoms with E-state index >= 15 is 0 Å². The molecule has 0 radical (unpaired) electrons. The molecule has 0 aliphatic carbocycles. The summed E-state index contributed by atoms with van der Waals surface area (Å²) < 4.78 is 0. The van der Waals surface area contributed by atoms with Crippen LogP contribution in [0.1, 0.15) is 20.3 Å². The highest BCUT2D eigenvalue weighted by atomic mass is 16.2. The number of carbonyl (C=O) groups is 1. The Bertz CT molecular complexity index is 310. The van der Waals surface area contributed by atoms with Crippen LogP contribution in [0.3, 0.4) is 0 Å². The fraction of sp³-hybridized carbons (Fsp3) is 0.417. The molecule has 0 aromatic carbocycles. The molecule has 0 atom stereocenters. The van der Waals surface area contributed by atoms with E-state index in [9.17, 15) is 4.79 Å². The van der Waals surface area contributed by atoms with Gasteiger partial charge in [0, 0.05) is 19.2 Å². The third-order valence-electron chi connectivity index (χ3n) is 2.22. The van der Waals surface area contributed by atoms with Gasteiger partial charge in [0.05, 0.1) is 0 Å². The van der Waals surface area contributed by atoms with Crippen LogP contribution >= 0.6 is 0 Å². The van der Waals surface area contributed by atoms with Crippen molar-refractivity contribution in [2.75, 3.05) is 13.6 Å². The van der Waals surface area contributed by atoms with Crippen LogP contribution in [0.15, 0.2) is 35.5 Å². The summed E-state index contributed by atoms with van der Waals surface area (Å²) >= 11 is 0. The lowest BCUT2D eigenvalue weighted by Crippen LogP contribution is -2.21. The van der Waals surface area contributed by atoms with Gasteiger partial charge in [0.25, 0.3) is 5.91 Å². The summed E-state index contributed by atoms with van der Waals surface area (Å²) in [6.07, 6.45) is 8.94. The Hall–Kier alpha value is -1.31. The lowest BCUT2D eigenvalue weighted by Gasteiger charge is -2.06. The molecule has 0 bridgehead atoms. The number of nitrogens with zero attached hydrogens (tertiary/aromatic N) is 1. The molecule has 0 fully saturated rings. The van der Waals surface area contributed by atoms with Crippen molar-refractivity contribution in [1.29, 1.82) is 0 Å². The van der Waals surface area contributed by atoms with Gasteiger partial charge in [-0.25, -0.2) is 0 Å². The summed E-state index contributed by atoms with van der Waals surface area (Å²) in [5.41, 5.74) is 1.96. The molecule has 0 spiro atoms. The minimum absolute atomic E-state index is 0.124. The van der Waals surface area contributed by atoms with Crippen molar-refractivity contribution in [3.63, 3.8) is 0 Å². The Labute approximate surface area is 85.6 Å². The molecule has 0 saturated carbocycles. The van der Waals surface area contributed by atoms with Crippen molar-refractivity contribution in [3.05, 3.63) is 35.5 Å². The maximum Gasteiger partial charge on any atom is 0.254 e. The summed E-state index contributed by atoms with van der Waals surface area (Å²) in [6, 6.07) is 0. The third kappa shape index (κ3) is 2.13. The Morgan fingerprint density at radius 3 is 2.71 bits per heavy atom. The number of hydrogen-bond donors (Lipinski definition) is 0. The molecule has 1 aliphatic rings. The van der Waals surface area contributed by atoms with Crippen LogP contribution in [0.2, 0.25) is 0 Å². The molecule has 1 aliphatic heterocycles. The fourth-order valence-corrected chi connectivity index (χ4v) is 1.50. The van der Waals surface area contributed by atoms with Crippen molar-refractivity contribution < 1.29 is 4.79 Å². The average molecular weight is 191 g/mol. The molecule has 0 saturated heterocycles. The van der Waals surface area contributed by atoms with Gasteiger partial charge in [-0.15, -0.1) is 0 Å². The molecule has 0 aromatic heterocycles. The second-order valence-electron chi connectivity index (χ2n) is 3.41. The van der Waals surface area contributed by atoms with Crippen molar-refractivity contribution in [3.8, 4) is 0 Å². The second kappa shape index (κ2) is 4.80. The van der Waals surface area contributed by atoms with E-state index in [1.54, 1.807) is 4.90 Å². The number of allylic oxidation sites excluding steroid dienone is 2. The zero-order valence-corrected chi connectivity index (χ0v) is 9.08. The van der Waals surface area contributed by atoms with Crippen molar-refractivity contribution in [2.45, 2.75) is 20.3 Å². The molecule has 0 N–H and O–H groups in total. The van der Waals surface area contributed by atoms with E-state index in [-0.39, 0.29) is 5.91 Å². The van der Waals surface area contributed by atoms with E-state index in [1.165, 1.54) is 0 Å². The Kier molecular flexibility index (Phi) is 3.69. The SMILES string of the molecule is C/C=C\C1=C(C=CCC)CN(C)C1=O. The van der Waals surface area contributed by atoms with E-state index in [0.29, 0.717) is 0 Å². The molecule has 1 amide bonds. The molecule has 1 heterocycles. The monoisotopic (exact) mass is 191 g/mol. The zero-order valence-electron chi connectivity index (χ0n) is 9.08. The maximum absolute atomic E-state index is 11.7. The number of hydrogen-bond acceptors (Lipinski definition) is 1. The third-order valence-corrected chi connectivity index (χ3v) is 2.22. The summed E-state index contributed by atoms with van der Waals surface area (Å²) in [5, 5.41) is 0. The van der Waals surface area contributed by atoms with E-state index in [4.69, 9.17) is 0 Å². The van der Waals surface area contributed by atoms with Crippen LogP contribution < -0.4 is 0 Å².